The Labute approximate surface area is 287 Å². The lowest BCUT2D eigenvalue weighted by Crippen LogP contribution is -2.55. The number of methoxy groups -OCH3 is 1. The first-order chi connectivity index (χ1) is 23.6. The highest BCUT2D eigenvalue weighted by molar-refractivity contribution is 6.09. The molecule has 0 radical (unpaired) electrons. The van der Waals surface area contributed by atoms with E-state index >= 15 is 4.39 Å². The fourth-order valence-electron chi connectivity index (χ4n) is 7.08. The summed E-state index contributed by atoms with van der Waals surface area (Å²) in [5, 5.41) is 6.31. The number of Topliss-reactive ketones (excluding diaryl/α,β-unsaturated/α-hetero) is 1. The first kappa shape index (κ1) is 36.0. The molecule has 3 atom stereocenters. The topological polar surface area (TPSA) is 121 Å². The van der Waals surface area contributed by atoms with Crippen molar-refractivity contribution >= 4 is 40.2 Å². The molecule has 0 bridgehead atoms. The standard InChI is InChI=1S/C38H49FN4O6/c1-5-35(45)41-36(38(47)43-18-16-42(3)17-19-43)24(2)26-12-15-32(31(39)20-26)40-37(46)29(25-10-8-6-7-9-11-25)22-33(44)30-23-49-34-21-27(48-4)13-14-28(30)34/h12-15,20-21,23-25,29,36H,5-11,16-19,22H2,1-4H3,(H,40,46)(H,41,45)/t24-,29-,36+/m0/s1. The Morgan fingerprint density at radius 1 is 1.00 bits per heavy atom. The number of rotatable bonds is 12. The predicted octanol–water partition coefficient (Wildman–Crippen LogP) is 6.15. The molecule has 2 heterocycles. The number of hydrogen-bond donors (Lipinski definition) is 2. The van der Waals surface area contributed by atoms with Crippen LogP contribution in [-0.2, 0) is 14.4 Å². The Hall–Kier alpha value is -4.25. The van der Waals surface area contributed by atoms with Gasteiger partial charge in [-0.2, -0.15) is 0 Å². The smallest absolute Gasteiger partial charge is 0.245 e. The van der Waals surface area contributed by atoms with Crippen LogP contribution in [0.5, 0.6) is 5.75 Å². The quantitative estimate of drug-likeness (QED) is 0.174. The Bertz CT molecular complexity index is 1640. The zero-order chi connectivity index (χ0) is 35.1. The number of piperazine rings is 1. The molecule has 2 aromatic carbocycles. The molecule has 1 aliphatic heterocycles. The number of ether oxygens (including phenoxy) is 1. The van der Waals surface area contributed by atoms with Crippen LogP contribution >= 0.6 is 0 Å². The summed E-state index contributed by atoms with van der Waals surface area (Å²) in [5.41, 5.74) is 1.46. The van der Waals surface area contributed by atoms with Crippen molar-refractivity contribution in [3.63, 3.8) is 0 Å². The number of carbonyl (C=O) groups excluding carboxylic acids is 4. The van der Waals surface area contributed by atoms with E-state index in [1.165, 1.54) is 18.4 Å². The highest BCUT2D eigenvalue weighted by atomic mass is 19.1. The second-order valence-corrected chi connectivity index (χ2v) is 13.5. The Balaban J connectivity index is 1.34. The van der Waals surface area contributed by atoms with E-state index in [9.17, 15) is 19.2 Å². The number of nitrogens with one attached hydrogen (secondary N) is 2. The van der Waals surface area contributed by atoms with E-state index in [0.717, 1.165) is 51.6 Å². The number of ketones is 1. The van der Waals surface area contributed by atoms with Gasteiger partial charge in [0.2, 0.25) is 17.7 Å². The lowest BCUT2D eigenvalue weighted by atomic mass is 9.81. The van der Waals surface area contributed by atoms with Crippen molar-refractivity contribution in [1.82, 2.24) is 15.1 Å². The minimum atomic E-state index is -0.860. The molecule has 0 spiro atoms. The molecule has 11 heteroatoms. The minimum Gasteiger partial charge on any atom is -0.497 e. The third-order valence-corrected chi connectivity index (χ3v) is 10.3. The molecule has 264 valence electrons. The number of likely N-dealkylation sites (N-methyl/N-ethyl adjacent to an activating group) is 1. The summed E-state index contributed by atoms with van der Waals surface area (Å²) in [7, 11) is 3.56. The van der Waals surface area contributed by atoms with E-state index in [0.29, 0.717) is 40.9 Å². The van der Waals surface area contributed by atoms with E-state index in [-0.39, 0.29) is 42.0 Å². The van der Waals surface area contributed by atoms with Crippen molar-refractivity contribution in [1.29, 1.82) is 0 Å². The van der Waals surface area contributed by atoms with Crippen LogP contribution in [0.15, 0.2) is 47.1 Å². The van der Waals surface area contributed by atoms with Gasteiger partial charge in [-0.05, 0) is 55.6 Å². The molecule has 1 saturated heterocycles. The summed E-state index contributed by atoms with van der Waals surface area (Å²) in [6.07, 6.45) is 7.37. The maximum absolute atomic E-state index is 15.8. The van der Waals surface area contributed by atoms with Crippen molar-refractivity contribution < 1.29 is 32.7 Å². The molecule has 10 nitrogen and oxygen atoms in total. The van der Waals surface area contributed by atoms with Gasteiger partial charge in [-0.1, -0.05) is 45.6 Å². The van der Waals surface area contributed by atoms with Gasteiger partial charge < -0.3 is 29.6 Å². The van der Waals surface area contributed by atoms with Crippen LogP contribution < -0.4 is 15.4 Å². The Morgan fingerprint density at radius 2 is 1.71 bits per heavy atom. The van der Waals surface area contributed by atoms with Crippen LogP contribution in [0.25, 0.3) is 11.0 Å². The van der Waals surface area contributed by atoms with Gasteiger partial charge in [-0.15, -0.1) is 0 Å². The Kier molecular flexibility index (Phi) is 12.1. The molecule has 2 aliphatic rings. The molecule has 2 N–H and O–H groups in total. The van der Waals surface area contributed by atoms with Gasteiger partial charge in [-0.3, -0.25) is 19.2 Å². The predicted molar refractivity (Wildman–Crippen MR) is 186 cm³/mol. The molecule has 1 saturated carbocycles. The molecule has 2 fully saturated rings. The zero-order valence-electron chi connectivity index (χ0n) is 29.1. The molecular weight excluding hydrogens is 627 g/mol. The molecule has 5 rings (SSSR count). The molecule has 1 aromatic heterocycles. The molecule has 1 aliphatic carbocycles. The molecule has 3 aromatic rings. The number of halogens is 1. The SMILES string of the molecule is CCC(=O)N[C@@H](C(=O)N1CCN(C)CC1)[C@@H](C)c1ccc(NC(=O)[C@@H](CC(=O)c2coc3cc(OC)ccc23)C2CCCCCC2)c(F)c1. The number of hydrogen-bond acceptors (Lipinski definition) is 7. The molecule has 49 heavy (non-hydrogen) atoms. The van der Waals surface area contributed by atoms with E-state index in [1.54, 1.807) is 50.1 Å². The summed E-state index contributed by atoms with van der Waals surface area (Å²) >= 11 is 0. The largest absolute Gasteiger partial charge is 0.497 e. The highest BCUT2D eigenvalue weighted by Crippen LogP contribution is 2.35. The number of benzene rings is 2. The summed E-state index contributed by atoms with van der Waals surface area (Å²) in [5.74, 6) is -2.28. The van der Waals surface area contributed by atoms with Crippen molar-refractivity contribution in [3.05, 3.63) is 59.6 Å². The second kappa shape index (κ2) is 16.4. The fourth-order valence-corrected chi connectivity index (χ4v) is 7.08. The van der Waals surface area contributed by atoms with Crippen molar-refractivity contribution in [3.8, 4) is 5.75 Å². The maximum Gasteiger partial charge on any atom is 0.245 e. The maximum atomic E-state index is 15.8. The lowest BCUT2D eigenvalue weighted by molar-refractivity contribution is -0.138. The van der Waals surface area contributed by atoms with E-state index in [4.69, 9.17) is 9.15 Å². The van der Waals surface area contributed by atoms with Gasteiger partial charge in [0.1, 0.15) is 29.5 Å². The van der Waals surface area contributed by atoms with E-state index in [1.807, 2.05) is 7.05 Å². The van der Waals surface area contributed by atoms with Crippen LogP contribution in [0.2, 0.25) is 0 Å². The summed E-state index contributed by atoms with van der Waals surface area (Å²) < 4.78 is 26.7. The van der Waals surface area contributed by atoms with Crippen molar-refractivity contribution in [2.45, 2.75) is 77.2 Å². The van der Waals surface area contributed by atoms with Crippen LogP contribution in [-0.4, -0.2) is 79.7 Å². The lowest BCUT2D eigenvalue weighted by Gasteiger charge is -2.36. The van der Waals surface area contributed by atoms with Gasteiger partial charge in [0.05, 0.1) is 18.4 Å². The highest BCUT2D eigenvalue weighted by Gasteiger charge is 2.35. The fraction of sp³-hybridized carbons (Fsp3) is 0.526. The van der Waals surface area contributed by atoms with Crippen LogP contribution in [0.3, 0.4) is 0 Å². The third kappa shape index (κ3) is 8.68. The Morgan fingerprint density at radius 3 is 2.37 bits per heavy atom. The van der Waals surface area contributed by atoms with Crippen LogP contribution in [0.1, 0.15) is 87.1 Å². The van der Waals surface area contributed by atoms with Gasteiger partial charge in [0.25, 0.3) is 0 Å². The normalized spacial score (nSPS) is 17.9. The monoisotopic (exact) mass is 676 g/mol. The second-order valence-electron chi connectivity index (χ2n) is 13.5. The molecule has 3 amide bonds. The van der Waals surface area contributed by atoms with Crippen molar-refractivity contribution in [2.75, 3.05) is 45.7 Å². The number of fused-ring (bicyclic) bond motifs is 1. The summed E-state index contributed by atoms with van der Waals surface area (Å²) in [6, 6.07) is 8.91. The first-order valence-corrected chi connectivity index (χ1v) is 17.5. The van der Waals surface area contributed by atoms with Gasteiger partial charge in [0, 0.05) is 62.3 Å². The minimum absolute atomic E-state index is 0.00687. The summed E-state index contributed by atoms with van der Waals surface area (Å²) in [4.78, 5) is 57.6. The van der Waals surface area contributed by atoms with Crippen molar-refractivity contribution in [2.24, 2.45) is 11.8 Å². The van der Waals surface area contributed by atoms with Gasteiger partial charge >= 0.3 is 0 Å². The van der Waals surface area contributed by atoms with E-state index in [2.05, 4.69) is 15.5 Å². The number of nitrogens with zero attached hydrogens (tertiary/aromatic N) is 2. The number of furan rings is 1. The zero-order valence-corrected chi connectivity index (χ0v) is 29.1. The molecule has 0 unspecified atom stereocenters. The number of amides is 3. The number of anilines is 1. The average Bonchev–Trinajstić information content (AvgIpc) is 3.35. The van der Waals surface area contributed by atoms with Gasteiger partial charge in [0.15, 0.2) is 5.78 Å². The molecular formula is C38H49FN4O6. The summed E-state index contributed by atoms with van der Waals surface area (Å²) in [6.45, 7) is 6.09. The van der Waals surface area contributed by atoms with Crippen LogP contribution in [0, 0.1) is 17.7 Å². The van der Waals surface area contributed by atoms with E-state index < -0.39 is 29.6 Å². The third-order valence-electron chi connectivity index (χ3n) is 10.3. The van der Waals surface area contributed by atoms with Crippen LogP contribution in [0.4, 0.5) is 10.1 Å². The average molecular weight is 677 g/mol. The first-order valence-electron chi connectivity index (χ1n) is 17.5. The van der Waals surface area contributed by atoms with Gasteiger partial charge in [-0.25, -0.2) is 4.39 Å². The number of carbonyl (C=O) groups is 4.